The summed E-state index contributed by atoms with van der Waals surface area (Å²) in [5.74, 6) is 0.863. The molecule has 24 heavy (non-hydrogen) atoms. The van der Waals surface area contributed by atoms with Gasteiger partial charge in [-0.15, -0.1) is 0 Å². The molecule has 5 heteroatoms. The third kappa shape index (κ3) is 1.91. The SMILES string of the molecule is CC(C)n1nc2c3c(cccc31)C(=O)N([C@H]1CN3CCC1CC3)C2. The van der Waals surface area contributed by atoms with Gasteiger partial charge < -0.3 is 9.80 Å². The van der Waals surface area contributed by atoms with Crippen LogP contribution < -0.4 is 0 Å². The van der Waals surface area contributed by atoms with E-state index in [4.69, 9.17) is 5.10 Å². The van der Waals surface area contributed by atoms with Crippen molar-refractivity contribution in [2.45, 2.75) is 45.3 Å². The van der Waals surface area contributed by atoms with Crippen LogP contribution in [0.25, 0.3) is 10.9 Å². The molecule has 0 N–H and O–H groups in total. The minimum Gasteiger partial charge on any atom is -0.328 e. The molecule has 126 valence electrons. The smallest absolute Gasteiger partial charge is 0.255 e. The molecule has 0 spiro atoms. The molecule has 0 saturated carbocycles. The monoisotopic (exact) mass is 324 g/mol. The summed E-state index contributed by atoms with van der Waals surface area (Å²) in [6.07, 6.45) is 2.46. The van der Waals surface area contributed by atoms with Crippen molar-refractivity contribution < 1.29 is 4.79 Å². The summed E-state index contributed by atoms with van der Waals surface area (Å²) in [4.78, 5) is 17.9. The van der Waals surface area contributed by atoms with Crippen LogP contribution >= 0.6 is 0 Å². The number of rotatable bonds is 2. The number of carbonyl (C=O) groups is 1. The molecule has 0 aliphatic carbocycles. The highest BCUT2D eigenvalue weighted by molar-refractivity contribution is 6.09. The van der Waals surface area contributed by atoms with Crippen molar-refractivity contribution in [1.82, 2.24) is 19.6 Å². The van der Waals surface area contributed by atoms with Gasteiger partial charge in [-0.05, 0) is 57.8 Å². The molecule has 3 saturated heterocycles. The summed E-state index contributed by atoms with van der Waals surface area (Å²) in [6.45, 7) is 8.40. The number of aromatic nitrogens is 2. The summed E-state index contributed by atoms with van der Waals surface area (Å²) in [7, 11) is 0. The Balaban J connectivity index is 1.59. The number of hydrogen-bond acceptors (Lipinski definition) is 3. The molecule has 0 unspecified atom stereocenters. The number of nitrogens with zero attached hydrogens (tertiary/aromatic N) is 4. The van der Waals surface area contributed by atoms with Crippen molar-refractivity contribution in [3.63, 3.8) is 0 Å². The Morgan fingerprint density at radius 2 is 2.00 bits per heavy atom. The third-order valence-corrected chi connectivity index (χ3v) is 6.13. The van der Waals surface area contributed by atoms with Gasteiger partial charge in [0.1, 0.15) is 0 Å². The van der Waals surface area contributed by atoms with E-state index < -0.39 is 0 Å². The van der Waals surface area contributed by atoms with E-state index in [0.29, 0.717) is 24.5 Å². The Morgan fingerprint density at radius 1 is 1.21 bits per heavy atom. The second-order valence-electron chi connectivity index (χ2n) is 7.82. The minimum absolute atomic E-state index is 0.204. The lowest BCUT2D eigenvalue weighted by Gasteiger charge is -2.49. The molecule has 6 rings (SSSR count). The fourth-order valence-corrected chi connectivity index (χ4v) is 4.89. The van der Waals surface area contributed by atoms with Crippen LogP contribution in [0, 0.1) is 5.92 Å². The molecular weight excluding hydrogens is 300 g/mol. The van der Waals surface area contributed by atoms with E-state index in [0.717, 1.165) is 28.7 Å². The summed E-state index contributed by atoms with van der Waals surface area (Å²) >= 11 is 0. The molecule has 5 nitrogen and oxygen atoms in total. The lowest BCUT2D eigenvalue weighted by Crippen LogP contribution is -2.59. The molecule has 0 radical (unpaired) electrons. The van der Waals surface area contributed by atoms with E-state index >= 15 is 0 Å². The van der Waals surface area contributed by atoms with Gasteiger partial charge in [0.15, 0.2) is 0 Å². The number of hydrogen-bond donors (Lipinski definition) is 0. The number of amides is 1. The Morgan fingerprint density at radius 3 is 2.67 bits per heavy atom. The molecule has 4 aliphatic rings. The van der Waals surface area contributed by atoms with Gasteiger partial charge in [-0.1, -0.05) is 6.07 Å². The van der Waals surface area contributed by atoms with Gasteiger partial charge in [0.05, 0.1) is 23.3 Å². The molecule has 3 fully saturated rings. The second-order valence-corrected chi connectivity index (χ2v) is 7.82. The summed E-state index contributed by atoms with van der Waals surface area (Å²) in [5.41, 5.74) is 3.02. The van der Waals surface area contributed by atoms with Crippen LogP contribution in [0.3, 0.4) is 0 Å². The van der Waals surface area contributed by atoms with Gasteiger partial charge in [0.2, 0.25) is 0 Å². The Bertz CT molecular complexity index is 816. The average Bonchev–Trinajstić information content (AvgIpc) is 2.99. The van der Waals surface area contributed by atoms with Gasteiger partial charge in [-0.25, -0.2) is 0 Å². The van der Waals surface area contributed by atoms with Crippen LogP contribution in [0.1, 0.15) is 48.8 Å². The normalized spacial score (nSPS) is 29.0. The second kappa shape index (κ2) is 5.06. The highest BCUT2D eigenvalue weighted by Gasteiger charge is 2.42. The van der Waals surface area contributed by atoms with E-state index in [-0.39, 0.29) is 5.91 Å². The first kappa shape index (κ1) is 14.5. The molecule has 1 atom stereocenters. The van der Waals surface area contributed by atoms with E-state index in [2.05, 4.69) is 34.4 Å². The zero-order valence-electron chi connectivity index (χ0n) is 14.4. The zero-order valence-corrected chi connectivity index (χ0v) is 14.4. The Hall–Kier alpha value is -1.88. The predicted molar refractivity (Wildman–Crippen MR) is 92.9 cm³/mol. The maximum atomic E-state index is 13.2. The number of piperidine rings is 3. The summed E-state index contributed by atoms with van der Waals surface area (Å²) < 4.78 is 2.07. The van der Waals surface area contributed by atoms with Crippen molar-refractivity contribution in [3.05, 3.63) is 29.5 Å². The molecule has 1 aromatic carbocycles. The maximum absolute atomic E-state index is 13.2. The average molecular weight is 324 g/mol. The molecule has 4 aliphatic heterocycles. The highest BCUT2D eigenvalue weighted by atomic mass is 16.2. The number of benzene rings is 1. The summed E-state index contributed by atoms with van der Waals surface area (Å²) in [6, 6.07) is 6.73. The van der Waals surface area contributed by atoms with Gasteiger partial charge in [-0.3, -0.25) is 9.48 Å². The topological polar surface area (TPSA) is 41.4 Å². The highest BCUT2D eigenvalue weighted by Crippen LogP contribution is 2.37. The molecule has 2 bridgehead atoms. The van der Waals surface area contributed by atoms with Crippen LogP contribution in [0.4, 0.5) is 0 Å². The van der Waals surface area contributed by atoms with Crippen LogP contribution in [-0.4, -0.2) is 51.2 Å². The first-order valence-corrected chi connectivity index (χ1v) is 9.17. The first-order chi connectivity index (χ1) is 11.6. The molecule has 5 heterocycles. The van der Waals surface area contributed by atoms with Gasteiger partial charge in [-0.2, -0.15) is 5.10 Å². The maximum Gasteiger partial charge on any atom is 0.255 e. The number of fused-ring (bicyclic) bond motifs is 3. The van der Waals surface area contributed by atoms with Crippen LogP contribution in [0.2, 0.25) is 0 Å². The van der Waals surface area contributed by atoms with Crippen LogP contribution in [0.15, 0.2) is 18.2 Å². The molecule has 1 aromatic heterocycles. The lowest BCUT2D eigenvalue weighted by molar-refractivity contribution is 0.00361. The van der Waals surface area contributed by atoms with Gasteiger partial charge >= 0.3 is 0 Å². The fraction of sp³-hybridized carbons (Fsp3) is 0.579. The molecule has 2 aromatic rings. The predicted octanol–water partition coefficient (Wildman–Crippen LogP) is 2.67. The van der Waals surface area contributed by atoms with Crippen molar-refractivity contribution in [3.8, 4) is 0 Å². The van der Waals surface area contributed by atoms with Crippen LogP contribution in [0.5, 0.6) is 0 Å². The van der Waals surface area contributed by atoms with Crippen LogP contribution in [-0.2, 0) is 6.54 Å². The van der Waals surface area contributed by atoms with Crippen molar-refractivity contribution in [2.24, 2.45) is 5.92 Å². The first-order valence-electron chi connectivity index (χ1n) is 9.17. The quantitative estimate of drug-likeness (QED) is 0.853. The van der Waals surface area contributed by atoms with E-state index in [1.54, 1.807) is 0 Å². The minimum atomic E-state index is 0.204. The van der Waals surface area contributed by atoms with Crippen molar-refractivity contribution in [1.29, 1.82) is 0 Å². The molecule has 1 amide bonds. The van der Waals surface area contributed by atoms with E-state index in [1.165, 1.54) is 25.9 Å². The van der Waals surface area contributed by atoms with E-state index in [1.807, 2.05) is 12.1 Å². The number of carbonyl (C=O) groups excluding carboxylic acids is 1. The van der Waals surface area contributed by atoms with Gasteiger partial charge in [0.25, 0.3) is 5.91 Å². The third-order valence-electron chi connectivity index (χ3n) is 6.13. The van der Waals surface area contributed by atoms with Crippen molar-refractivity contribution in [2.75, 3.05) is 19.6 Å². The fourth-order valence-electron chi connectivity index (χ4n) is 4.89. The Kier molecular flexibility index (Phi) is 3.05. The van der Waals surface area contributed by atoms with Gasteiger partial charge in [0, 0.05) is 24.0 Å². The summed E-state index contributed by atoms with van der Waals surface area (Å²) in [5, 5.41) is 5.95. The zero-order chi connectivity index (χ0) is 16.4. The standard InChI is InChI=1S/C19H24N4O/c1-12(2)23-16-5-3-4-14-18(16)15(20-23)10-22(19(14)24)17-11-21-8-6-13(17)7-9-21/h3-5,12-13,17H,6-11H2,1-2H3/t17-/m0/s1. The largest absolute Gasteiger partial charge is 0.328 e. The molecular formula is C19H24N4O. The van der Waals surface area contributed by atoms with Crippen molar-refractivity contribution >= 4 is 16.8 Å². The van der Waals surface area contributed by atoms with E-state index in [9.17, 15) is 4.79 Å². The Labute approximate surface area is 142 Å². The lowest BCUT2D eigenvalue weighted by atomic mass is 9.82.